The van der Waals surface area contributed by atoms with Crippen LogP contribution < -0.4 is 10.1 Å². The van der Waals surface area contributed by atoms with E-state index in [0.29, 0.717) is 42.0 Å². The summed E-state index contributed by atoms with van der Waals surface area (Å²) in [6.07, 6.45) is 4.02. The van der Waals surface area contributed by atoms with Gasteiger partial charge >= 0.3 is 0 Å². The van der Waals surface area contributed by atoms with Crippen LogP contribution in [0.15, 0.2) is 30.5 Å². The Bertz CT molecular complexity index is 762. The van der Waals surface area contributed by atoms with E-state index in [0.717, 1.165) is 29.5 Å². The maximum absolute atomic E-state index is 12.7. The van der Waals surface area contributed by atoms with Crippen molar-refractivity contribution < 1.29 is 19.1 Å². The van der Waals surface area contributed by atoms with Crippen LogP contribution in [-0.4, -0.2) is 40.6 Å². The van der Waals surface area contributed by atoms with Gasteiger partial charge in [0.1, 0.15) is 11.8 Å². The van der Waals surface area contributed by atoms with Gasteiger partial charge in [-0.3, -0.25) is 19.3 Å². The number of ether oxygens (including phenoxy) is 1. The largest absolute Gasteiger partial charge is 0.494 e. The number of carbonyl (C=O) groups is 3. The van der Waals surface area contributed by atoms with Gasteiger partial charge < -0.3 is 10.1 Å². The fraction of sp³-hybridized carbons (Fsp3) is 0.421. The molecule has 1 fully saturated rings. The van der Waals surface area contributed by atoms with Crippen molar-refractivity contribution in [3.63, 3.8) is 0 Å². The van der Waals surface area contributed by atoms with Gasteiger partial charge in [-0.1, -0.05) is 22.5 Å². The van der Waals surface area contributed by atoms with E-state index in [-0.39, 0.29) is 5.91 Å². The number of rotatable bonds is 7. The summed E-state index contributed by atoms with van der Waals surface area (Å²) in [7, 11) is 0. The Morgan fingerprint density at radius 3 is 2.65 bits per heavy atom. The summed E-state index contributed by atoms with van der Waals surface area (Å²) in [5.41, 5.74) is 1.22. The summed E-state index contributed by atoms with van der Waals surface area (Å²) in [5, 5.41) is 3.60. The predicted octanol–water partition coefficient (Wildman–Crippen LogP) is 3.02. The number of halogens is 1. The van der Waals surface area contributed by atoms with E-state index in [1.807, 2.05) is 0 Å². The Labute approximate surface area is 160 Å². The fourth-order valence-corrected chi connectivity index (χ4v) is 3.58. The van der Waals surface area contributed by atoms with Crippen molar-refractivity contribution in [1.82, 2.24) is 10.2 Å². The first-order valence-corrected chi connectivity index (χ1v) is 9.84. The molecule has 6 nitrogen and oxygen atoms in total. The Hall–Kier alpha value is -2.15. The lowest BCUT2D eigenvalue weighted by molar-refractivity contribution is -0.125. The first kappa shape index (κ1) is 18.6. The second-order valence-corrected chi connectivity index (χ2v) is 7.23. The van der Waals surface area contributed by atoms with E-state index in [4.69, 9.17) is 4.74 Å². The topological polar surface area (TPSA) is 75.7 Å². The summed E-state index contributed by atoms with van der Waals surface area (Å²) in [6, 6.07) is 4.10. The molecule has 0 aromatic heterocycles. The molecule has 2 aliphatic heterocycles. The quantitative estimate of drug-likeness (QED) is 0.417. The van der Waals surface area contributed by atoms with E-state index in [1.165, 1.54) is 0 Å². The monoisotopic (exact) mass is 420 g/mol. The molecule has 26 heavy (non-hydrogen) atoms. The number of carbonyl (C=O) groups excluding carboxylic acids is 3. The molecule has 1 aromatic carbocycles. The van der Waals surface area contributed by atoms with Crippen LogP contribution in [0.5, 0.6) is 5.75 Å². The average molecular weight is 421 g/mol. The molecule has 0 aliphatic carbocycles. The molecular weight excluding hydrogens is 400 g/mol. The number of imide groups is 1. The van der Waals surface area contributed by atoms with E-state index in [2.05, 4.69) is 27.8 Å². The van der Waals surface area contributed by atoms with Gasteiger partial charge in [0, 0.05) is 11.0 Å². The number of piperidine rings is 1. The van der Waals surface area contributed by atoms with Crippen molar-refractivity contribution in [2.75, 3.05) is 11.9 Å². The standard InChI is InChI=1S/C19H21BrN2O4/c1-12-5-8-16(17(23)21-12)22-18(24)14-7-6-13(11-15(14)19(22)25)26-10-4-2-3-9-20/h6-7,11,16H,1-5,8-10H2,(H,21,23). The number of nitrogens with zero attached hydrogens (tertiary/aromatic N) is 1. The maximum Gasteiger partial charge on any atom is 0.262 e. The molecule has 0 radical (unpaired) electrons. The molecule has 138 valence electrons. The minimum Gasteiger partial charge on any atom is -0.494 e. The molecular formula is C19H21BrN2O4. The lowest BCUT2D eigenvalue weighted by atomic mass is 10.0. The van der Waals surface area contributed by atoms with Crippen molar-refractivity contribution in [3.05, 3.63) is 41.6 Å². The number of hydrogen-bond donors (Lipinski definition) is 1. The van der Waals surface area contributed by atoms with Gasteiger partial charge in [0.25, 0.3) is 11.8 Å². The molecule has 2 aliphatic rings. The van der Waals surface area contributed by atoms with Crippen LogP contribution in [0, 0.1) is 0 Å². The highest BCUT2D eigenvalue weighted by Crippen LogP contribution is 2.30. The van der Waals surface area contributed by atoms with Crippen molar-refractivity contribution in [2.24, 2.45) is 0 Å². The fourth-order valence-electron chi connectivity index (χ4n) is 3.18. The van der Waals surface area contributed by atoms with Crippen LogP contribution in [0.2, 0.25) is 0 Å². The number of benzene rings is 1. The zero-order chi connectivity index (χ0) is 18.7. The lowest BCUT2D eigenvalue weighted by Crippen LogP contribution is -2.51. The number of alkyl halides is 1. The van der Waals surface area contributed by atoms with Crippen molar-refractivity contribution in [3.8, 4) is 5.75 Å². The minimum absolute atomic E-state index is 0.296. The van der Waals surface area contributed by atoms with E-state index in [9.17, 15) is 14.4 Å². The zero-order valence-corrected chi connectivity index (χ0v) is 16.0. The summed E-state index contributed by atoms with van der Waals surface area (Å²) in [4.78, 5) is 38.6. The molecule has 1 unspecified atom stereocenters. The number of nitrogens with one attached hydrogen (secondary N) is 1. The van der Waals surface area contributed by atoms with Crippen LogP contribution in [0.3, 0.4) is 0 Å². The molecule has 2 heterocycles. The summed E-state index contributed by atoms with van der Waals surface area (Å²) >= 11 is 3.39. The highest BCUT2D eigenvalue weighted by Gasteiger charge is 2.44. The molecule has 1 aromatic rings. The molecule has 1 N–H and O–H groups in total. The van der Waals surface area contributed by atoms with Gasteiger partial charge in [-0.05, 0) is 50.3 Å². The smallest absolute Gasteiger partial charge is 0.262 e. The van der Waals surface area contributed by atoms with Gasteiger partial charge in [0.15, 0.2) is 0 Å². The third-order valence-corrected chi connectivity index (χ3v) is 5.13. The predicted molar refractivity (Wildman–Crippen MR) is 100 cm³/mol. The number of unbranched alkanes of at least 4 members (excludes halogenated alkanes) is 2. The van der Waals surface area contributed by atoms with E-state index in [1.54, 1.807) is 18.2 Å². The van der Waals surface area contributed by atoms with E-state index < -0.39 is 17.9 Å². The maximum atomic E-state index is 12.7. The Balaban J connectivity index is 1.71. The van der Waals surface area contributed by atoms with Crippen LogP contribution >= 0.6 is 15.9 Å². The summed E-state index contributed by atoms with van der Waals surface area (Å²) in [5.74, 6) is -0.671. The van der Waals surface area contributed by atoms with Crippen LogP contribution in [0.25, 0.3) is 0 Å². The average Bonchev–Trinajstić information content (AvgIpc) is 2.86. The Kier molecular flexibility index (Phi) is 5.76. The second kappa shape index (κ2) is 8.03. The van der Waals surface area contributed by atoms with Crippen molar-refractivity contribution in [1.29, 1.82) is 0 Å². The molecule has 3 rings (SSSR count). The molecule has 0 saturated carbocycles. The van der Waals surface area contributed by atoms with Gasteiger partial charge in [-0.2, -0.15) is 0 Å². The normalized spacial score (nSPS) is 19.6. The van der Waals surface area contributed by atoms with Crippen molar-refractivity contribution >= 4 is 33.7 Å². The second-order valence-electron chi connectivity index (χ2n) is 6.43. The Morgan fingerprint density at radius 1 is 1.15 bits per heavy atom. The molecule has 3 amide bonds. The molecule has 0 bridgehead atoms. The zero-order valence-electron chi connectivity index (χ0n) is 14.4. The summed E-state index contributed by atoms with van der Waals surface area (Å²) < 4.78 is 5.69. The third kappa shape index (κ3) is 3.67. The number of allylic oxidation sites excluding steroid dienone is 1. The highest BCUT2D eigenvalue weighted by molar-refractivity contribution is 9.09. The van der Waals surface area contributed by atoms with Crippen LogP contribution in [0.1, 0.15) is 52.8 Å². The molecule has 0 spiro atoms. The molecule has 7 heteroatoms. The van der Waals surface area contributed by atoms with Gasteiger partial charge in [0.2, 0.25) is 5.91 Å². The first-order chi connectivity index (χ1) is 12.5. The summed E-state index contributed by atoms with van der Waals surface area (Å²) in [6.45, 7) is 4.28. The minimum atomic E-state index is -0.790. The first-order valence-electron chi connectivity index (χ1n) is 8.72. The third-order valence-electron chi connectivity index (χ3n) is 4.57. The molecule has 1 atom stereocenters. The van der Waals surface area contributed by atoms with Gasteiger partial charge in [0.05, 0.1) is 17.7 Å². The van der Waals surface area contributed by atoms with Gasteiger partial charge in [-0.15, -0.1) is 0 Å². The van der Waals surface area contributed by atoms with E-state index >= 15 is 0 Å². The van der Waals surface area contributed by atoms with Crippen LogP contribution in [-0.2, 0) is 4.79 Å². The van der Waals surface area contributed by atoms with Gasteiger partial charge in [-0.25, -0.2) is 0 Å². The number of hydrogen-bond acceptors (Lipinski definition) is 4. The van der Waals surface area contributed by atoms with Crippen LogP contribution in [0.4, 0.5) is 0 Å². The molecule has 1 saturated heterocycles. The number of amides is 3. The Morgan fingerprint density at radius 2 is 1.92 bits per heavy atom. The SMILES string of the molecule is C=C1CCC(N2C(=O)c3ccc(OCCCCCBr)cc3C2=O)C(=O)N1. The van der Waals surface area contributed by atoms with Crippen molar-refractivity contribution in [2.45, 2.75) is 38.1 Å². The highest BCUT2D eigenvalue weighted by atomic mass is 79.9. The number of fused-ring (bicyclic) bond motifs is 1. The lowest BCUT2D eigenvalue weighted by Gasteiger charge is -2.29.